The molecule has 8 rings (SSSR count). The molecule has 0 spiro atoms. The Balaban J connectivity index is 0.584. The van der Waals surface area contributed by atoms with Crippen LogP contribution in [0.3, 0.4) is 0 Å². The molecule has 0 saturated heterocycles. The zero-order valence-corrected chi connectivity index (χ0v) is 69.3. The minimum absolute atomic E-state index is 0.0331. The minimum Gasteiger partial charge on any atom is -0.494 e. The maximum atomic E-state index is 13.5. The Morgan fingerprint density at radius 1 is 0.359 bits per heavy atom. The van der Waals surface area contributed by atoms with Crippen LogP contribution in [0, 0.1) is 48.9 Å². The zero-order valence-electron chi connectivity index (χ0n) is 69.3. The summed E-state index contributed by atoms with van der Waals surface area (Å²) >= 11 is 0. The standard InChI is InChI=1S/C94H122O23/c1-7-85(96)108-62-25-21-17-13-9-12-15-19-23-60-106-77-44-38-75(39-45-77)91(102)115-82-52-50-81(51-53-82)114-90(101)74-36-42-76(43-37-74)105-59-22-18-14-10-8-11-16-20-24-61-107-78-46-48-80(49-47-78)113-89(100)71-30-34-73(35-31-71)93(104)117-84-55-54-83(66(2)67(84)3)116-92(103)72-32-28-70(29-33-72)88(99)112-79-40-26-69(27-41-79)58-63-109-86(97)56-57-87(98)111-65-94(5,6)64-110-68(4)95/h7,26-27,36-37,40-43,46-55,70-73,75,77H,1,8-25,28-35,38-39,44-45,56-65H2,2-6H3. The fourth-order valence-corrected chi connectivity index (χ4v) is 14.3. The molecule has 0 amide bonds. The highest BCUT2D eigenvalue weighted by molar-refractivity contribution is 5.91. The van der Waals surface area contributed by atoms with E-state index in [2.05, 4.69) is 6.58 Å². The van der Waals surface area contributed by atoms with Crippen LogP contribution in [0.1, 0.15) is 253 Å². The molecule has 0 atom stereocenters. The molecular weight excluding hydrogens is 1500 g/mol. The van der Waals surface area contributed by atoms with E-state index in [4.69, 9.17) is 61.6 Å². The third-order valence-electron chi connectivity index (χ3n) is 21.8. The lowest BCUT2D eigenvalue weighted by Gasteiger charge is -2.27. The highest BCUT2D eigenvalue weighted by atomic mass is 16.6. The Labute approximate surface area is 689 Å². The molecule has 0 bridgehead atoms. The van der Waals surface area contributed by atoms with Crippen molar-refractivity contribution in [2.75, 3.05) is 46.2 Å². The van der Waals surface area contributed by atoms with Crippen LogP contribution >= 0.6 is 0 Å². The molecule has 3 fully saturated rings. The summed E-state index contributed by atoms with van der Waals surface area (Å²) in [6.07, 6.45) is 28.4. The van der Waals surface area contributed by atoms with Gasteiger partial charge < -0.3 is 61.6 Å². The van der Waals surface area contributed by atoms with E-state index < -0.39 is 53.0 Å². The lowest BCUT2D eigenvalue weighted by atomic mass is 9.82. The molecule has 0 aliphatic heterocycles. The number of rotatable bonds is 50. The number of benzene rings is 5. The van der Waals surface area contributed by atoms with Crippen molar-refractivity contribution < 1.29 is 110 Å². The van der Waals surface area contributed by atoms with Crippen LogP contribution in [0.25, 0.3) is 0 Å². The van der Waals surface area contributed by atoms with E-state index in [1.807, 2.05) is 0 Å². The lowest BCUT2D eigenvalue weighted by molar-refractivity contribution is -0.154. The number of esters is 10. The highest BCUT2D eigenvalue weighted by Crippen LogP contribution is 2.38. The smallest absolute Gasteiger partial charge is 0.343 e. The quantitative estimate of drug-likeness (QED) is 0.0115. The highest BCUT2D eigenvalue weighted by Gasteiger charge is 2.36. The fourth-order valence-electron chi connectivity index (χ4n) is 14.3. The number of unbranched alkanes of at least 4 members (excludes halogenated alkanes) is 16. The van der Waals surface area contributed by atoms with Crippen LogP contribution in [0.5, 0.6) is 46.0 Å². The van der Waals surface area contributed by atoms with E-state index in [1.54, 1.807) is 137 Å². The van der Waals surface area contributed by atoms with Crippen molar-refractivity contribution in [2.45, 2.75) is 253 Å². The zero-order chi connectivity index (χ0) is 83.6. The molecule has 3 saturated carbocycles. The van der Waals surface area contributed by atoms with Crippen molar-refractivity contribution in [3.63, 3.8) is 0 Å². The van der Waals surface area contributed by atoms with Crippen LogP contribution in [-0.2, 0) is 73.3 Å². The molecule has 3 aliphatic carbocycles. The fraction of sp³-hybridized carbons (Fsp3) is 0.553. The normalized spacial score (nSPS) is 17.2. The Kier molecular flexibility index (Phi) is 40.1. The summed E-state index contributed by atoms with van der Waals surface area (Å²) in [4.78, 5) is 126. The first-order valence-corrected chi connectivity index (χ1v) is 42.5. The van der Waals surface area contributed by atoms with Gasteiger partial charge in [0.05, 0.1) is 93.7 Å². The maximum absolute atomic E-state index is 13.5. The predicted octanol–water partition coefficient (Wildman–Crippen LogP) is 18.8. The van der Waals surface area contributed by atoms with Crippen molar-refractivity contribution in [3.8, 4) is 46.0 Å². The van der Waals surface area contributed by atoms with Crippen LogP contribution in [0.15, 0.2) is 122 Å². The third-order valence-corrected chi connectivity index (χ3v) is 21.8. The van der Waals surface area contributed by atoms with E-state index in [0.29, 0.717) is 140 Å². The molecular formula is C94H122O23. The summed E-state index contributed by atoms with van der Waals surface area (Å²) < 4.78 is 73.2. The number of carbonyl (C=O) groups is 10. The summed E-state index contributed by atoms with van der Waals surface area (Å²) in [5.74, 6) is -2.14. The molecule has 23 heteroatoms. The first-order chi connectivity index (χ1) is 56.6. The van der Waals surface area contributed by atoms with Crippen molar-refractivity contribution in [2.24, 2.45) is 35.0 Å². The van der Waals surface area contributed by atoms with Crippen molar-refractivity contribution >= 4 is 59.7 Å². The molecule has 5 aromatic carbocycles. The summed E-state index contributed by atoms with van der Waals surface area (Å²) in [7, 11) is 0. The van der Waals surface area contributed by atoms with Gasteiger partial charge in [-0.15, -0.1) is 0 Å². The summed E-state index contributed by atoms with van der Waals surface area (Å²) in [5, 5.41) is 0. The summed E-state index contributed by atoms with van der Waals surface area (Å²) in [6, 6.07) is 30.7. The second kappa shape index (κ2) is 50.7. The van der Waals surface area contributed by atoms with Crippen LogP contribution in [-0.4, -0.2) is 112 Å². The average Bonchev–Trinajstić information content (AvgIpc) is 0.815. The van der Waals surface area contributed by atoms with E-state index in [0.717, 1.165) is 108 Å². The number of hydrogen-bond donors (Lipinski definition) is 0. The number of carbonyl (C=O) groups excluding carboxylic acids is 10. The van der Waals surface area contributed by atoms with Gasteiger partial charge in [-0.2, -0.15) is 0 Å². The molecule has 0 unspecified atom stereocenters. The molecule has 0 radical (unpaired) electrons. The van der Waals surface area contributed by atoms with E-state index in [9.17, 15) is 47.9 Å². The number of ether oxygens (including phenoxy) is 13. The van der Waals surface area contributed by atoms with Gasteiger partial charge in [0.15, 0.2) is 0 Å². The van der Waals surface area contributed by atoms with Gasteiger partial charge >= 0.3 is 59.7 Å². The topological polar surface area (TPSA) is 291 Å². The second-order valence-electron chi connectivity index (χ2n) is 31.9. The summed E-state index contributed by atoms with van der Waals surface area (Å²) in [5.41, 5.74) is 1.99. The van der Waals surface area contributed by atoms with Crippen LogP contribution in [0.2, 0.25) is 0 Å². The van der Waals surface area contributed by atoms with Gasteiger partial charge in [-0.05, 0) is 230 Å². The van der Waals surface area contributed by atoms with Crippen molar-refractivity contribution in [1.82, 2.24) is 0 Å². The molecule has 117 heavy (non-hydrogen) atoms. The summed E-state index contributed by atoms with van der Waals surface area (Å²) in [6.45, 7) is 14.5. The van der Waals surface area contributed by atoms with Crippen molar-refractivity contribution in [3.05, 3.63) is 144 Å². The van der Waals surface area contributed by atoms with Gasteiger partial charge in [0.25, 0.3) is 0 Å². The molecule has 636 valence electrons. The molecule has 0 N–H and O–H groups in total. The Hall–Kier alpha value is -9.90. The van der Waals surface area contributed by atoms with Gasteiger partial charge in [-0.25, -0.2) is 9.59 Å². The van der Waals surface area contributed by atoms with Crippen molar-refractivity contribution in [1.29, 1.82) is 0 Å². The monoisotopic (exact) mass is 1620 g/mol. The van der Waals surface area contributed by atoms with Gasteiger partial charge in [0, 0.05) is 31.4 Å². The first-order valence-electron chi connectivity index (χ1n) is 42.5. The average molecular weight is 1620 g/mol. The largest absolute Gasteiger partial charge is 0.494 e. The van der Waals surface area contributed by atoms with E-state index in [1.165, 1.54) is 57.9 Å². The maximum Gasteiger partial charge on any atom is 0.343 e. The van der Waals surface area contributed by atoms with E-state index >= 15 is 0 Å². The first kappa shape index (κ1) is 92.6. The molecule has 0 aromatic heterocycles. The second-order valence-corrected chi connectivity index (χ2v) is 31.9. The van der Waals surface area contributed by atoms with Gasteiger partial charge in [0.1, 0.15) is 46.0 Å². The molecule has 0 heterocycles. The van der Waals surface area contributed by atoms with Crippen LogP contribution in [0.4, 0.5) is 0 Å². The minimum atomic E-state index is -0.569. The lowest BCUT2D eigenvalue weighted by Crippen LogP contribution is -2.30. The van der Waals surface area contributed by atoms with Gasteiger partial charge in [-0.1, -0.05) is 122 Å². The SMILES string of the molecule is C=CC(=O)OCCCCCCCCCCCOC1CCC(C(=O)Oc2ccc(OC(=O)c3ccc(OCCCCCCCCCCCOc4ccc(OC(=O)C5CCC(C(=O)Oc6ccc(OC(=O)C7CCC(C(=O)Oc8ccc(CCOC(=O)CCC(=O)OCC(C)(C)COC(C)=O)cc8)CC7)c(C)c6C)CC5)cc4)cc3)cc2)CC1. The van der Waals surface area contributed by atoms with Crippen LogP contribution < -0.4 is 37.9 Å². The molecule has 23 nitrogen and oxygen atoms in total. The predicted molar refractivity (Wildman–Crippen MR) is 438 cm³/mol. The van der Waals surface area contributed by atoms with Gasteiger partial charge in [-0.3, -0.25) is 38.4 Å². The number of hydrogen-bond acceptors (Lipinski definition) is 23. The Bertz CT molecular complexity index is 3930. The molecule has 3 aliphatic rings. The van der Waals surface area contributed by atoms with E-state index in [-0.39, 0.29) is 80.4 Å². The Morgan fingerprint density at radius 3 is 1.10 bits per heavy atom. The third kappa shape index (κ3) is 34.7. The Morgan fingerprint density at radius 2 is 0.692 bits per heavy atom. The molecule has 5 aromatic rings. The van der Waals surface area contributed by atoms with Gasteiger partial charge in [0.2, 0.25) is 0 Å².